The number of H-pyrrole nitrogens is 1. The molecule has 0 amide bonds. The average Bonchev–Trinajstić information content (AvgIpc) is 3.17. The molecular formula is C23H29N4O7PS2. The van der Waals surface area contributed by atoms with Crippen molar-refractivity contribution in [2.75, 3.05) is 6.56 Å². The van der Waals surface area contributed by atoms with Gasteiger partial charge < -0.3 is 28.9 Å². The monoisotopic (exact) mass is 570 g/mol. The SMILES string of the molecule is [2H]C([2H])(O[P@](=O)(N[C@@H](C)C(=O)OC(C)C)Oc1ccccc1)[C@@H]1O[C@H](n2cc(C)c(=S)[nH]c2=S)[C@H]([N+]#[C-])C1O. The van der Waals surface area contributed by atoms with E-state index < -0.39 is 56.9 Å². The standard InChI is InChI=1S/C23H29N4O7PS2/c1-13(2)32-22(29)15(4)26-35(30,34-16-9-7-6-8-10-16)31-12-17-19(28)18(24-5)21(33-17)27-11-14(3)20(36)25-23(27)37/h6-11,13,15,17-19,21,28H,12H2,1-4H3,(H,26,30)(H,25,36,37)/t15-,17-,18+,19?,21-,35+/m0/s1/i12D2. The van der Waals surface area contributed by atoms with E-state index in [9.17, 15) is 14.5 Å². The number of aryl methyl sites for hydroxylation is 1. The number of nitrogens with zero attached hydrogens (tertiary/aromatic N) is 2. The van der Waals surface area contributed by atoms with Crippen LogP contribution in [0.1, 0.15) is 35.3 Å². The van der Waals surface area contributed by atoms with Gasteiger partial charge in [-0.25, -0.2) is 11.1 Å². The lowest BCUT2D eigenvalue weighted by atomic mass is 10.1. The summed E-state index contributed by atoms with van der Waals surface area (Å²) in [5.74, 6) is -0.720. The number of aromatic nitrogens is 2. The first-order valence-corrected chi connectivity index (χ1v) is 13.6. The van der Waals surface area contributed by atoms with Crippen molar-refractivity contribution >= 4 is 38.2 Å². The van der Waals surface area contributed by atoms with E-state index in [0.29, 0.717) is 10.2 Å². The van der Waals surface area contributed by atoms with Crippen molar-refractivity contribution in [2.24, 2.45) is 0 Å². The smallest absolute Gasteiger partial charge is 0.459 e. The number of benzene rings is 1. The summed E-state index contributed by atoms with van der Waals surface area (Å²) >= 11 is 10.5. The molecule has 37 heavy (non-hydrogen) atoms. The second kappa shape index (κ2) is 12.4. The number of hydrogen-bond acceptors (Lipinski definition) is 9. The summed E-state index contributed by atoms with van der Waals surface area (Å²) in [6.07, 6.45) is -3.68. The molecule has 200 valence electrons. The highest BCUT2D eigenvalue weighted by Crippen LogP contribution is 2.46. The molecular weight excluding hydrogens is 539 g/mol. The van der Waals surface area contributed by atoms with Gasteiger partial charge in [0.2, 0.25) is 6.23 Å². The highest BCUT2D eigenvalue weighted by Gasteiger charge is 2.51. The first kappa shape index (κ1) is 26.2. The zero-order chi connectivity index (χ0) is 29.1. The van der Waals surface area contributed by atoms with E-state index in [-0.39, 0.29) is 10.5 Å². The van der Waals surface area contributed by atoms with Gasteiger partial charge in [0.15, 0.2) is 10.9 Å². The first-order chi connectivity index (χ1) is 18.2. The topological polar surface area (TPSA) is 128 Å². The summed E-state index contributed by atoms with van der Waals surface area (Å²) < 4.78 is 54.6. The Morgan fingerprint density at radius 2 is 2.05 bits per heavy atom. The van der Waals surface area contributed by atoms with E-state index in [1.54, 1.807) is 39.0 Å². The van der Waals surface area contributed by atoms with Crippen molar-refractivity contribution < 1.29 is 35.7 Å². The van der Waals surface area contributed by atoms with Gasteiger partial charge in [0.05, 0.1) is 15.4 Å². The minimum Gasteiger partial charge on any atom is -0.462 e. The van der Waals surface area contributed by atoms with Gasteiger partial charge in [0.1, 0.15) is 22.5 Å². The predicted molar refractivity (Wildman–Crippen MR) is 140 cm³/mol. The zero-order valence-electron chi connectivity index (χ0n) is 22.5. The summed E-state index contributed by atoms with van der Waals surface area (Å²) in [5, 5.41) is 13.3. The van der Waals surface area contributed by atoms with Crippen LogP contribution >= 0.6 is 32.2 Å². The molecule has 1 aliphatic rings. The predicted octanol–water partition coefficient (Wildman–Crippen LogP) is 4.26. The molecule has 1 aromatic carbocycles. The summed E-state index contributed by atoms with van der Waals surface area (Å²) in [4.78, 5) is 18.6. The van der Waals surface area contributed by atoms with Crippen LogP contribution in [0.4, 0.5) is 0 Å². The third-order valence-corrected chi connectivity index (χ3v) is 7.36. The lowest BCUT2D eigenvalue weighted by Gasteiger charge is -2.24. The van der Waals surface area contributed by atoms with Crippen LogP contribution in [0, 0.1) is 22.9 Å². The quantitative estimate of drug-likeness (QED) is 0.165. The Morgan fingerprint density at radius 1 is 1.38 bits per heavy atom. The molecule has 1 aromatic heterocycles. The first-order valence-electron chi connectivity index (χ1n) is 12.2. The second-order valence-electron chi connectivity index (χ2n) is 8.48. The molecule has 0 spiro atoms. The molecule has 1 saturated heterocycles. The maximum atomic E-state index is 13.9. The molecule has 14 heteroatoms. The fourth-order valence-electron chi connectivity index (χ4n) is 3.34. The average molecular weight is 571 g/mol. The lowest BCUT2D eigenvalue weighted by molar-refractivity contribution is -0.149. The normalized spacial score (nSPS) is 24.9. The minimum atomic E-state index is -4.68. The van der Waals surface area contributed by atoms with Gasteiger partial charge in [-0.1, -0.05) is 30.4 Å². The Balaban J connectivity index is 1.94. The van der Waals surface area contributed by atoms with Crippen molar-refractivity contribution in [3.63, 3.8) is 0 Å². The molecule has 1 aliphatic heterocycles. The lowest BCUT2D eigenvalue weighted by Crippen LogP contribution is -2.37. The number of para-hydroxylation sites is 1. The third-order valence-electron chi connectivity index (χ3n) is 5.12. The molecule has 6 atom stereocenters. The molecule has 2 heterocycles. The van der Waals surface area contributed by atoms with Crippen LogP contribution < -0.4 is 9.61 Å². The fourth-order valence-corrected chi connectivity index (χ4v) is 5.18. The maximum Gasteiger partial charge on any atom is 0.459 e. The maximum absolute atomic E-state index is 13.9. The Morgan fingerprint density at radius 3 is 2.68 bits per heavy atom. The number of carbonyl (C=O) groups is 1. The molecule has 0 bridgehead atoms. The molecule has 3 N–H and O–H groups in total. The number of aliphatic hydroxyl groups is 1. The van der Waals surface area contributed by atoms with Crippen molar-refractivity contribution in [3.05, 3.63) is 62.9 Å². The van der Waals surface area contributed by atoms with Gasteiger partial charge >= 0.3 is 13.7 Å². The molecule has 11 nitrogen and oxygen atoms in total. The van der Waals surface area contributed by atoms with E-state index in [0.717, 1.165) is 0 Å². The molecule has 0 saturated carbocycles. The highest BCUT2D eigenvalue weighted by molar-refractivity contribution is 7.72. The highest BCUT2D eigenvalue weighted by atomic mass is 32.1. The minimum absolute atomic E-state index is 0.0553. The second-order valence-corrected chi connectivity index (χ2v) is 10.9. The number of rotatable bonds is 10. The van der Waals surface area contributed by atoms with Gasteiger partial charge in [-0.15, -0.1) is 0 Å². The van der Waals surface area contributed by atoms with Crippen LogP contribution in [0.2, 0.25) is 0 Å². The number of carbonyl (C=O) groups excluding carboxylic acids is 1. The molecule has 1 fully saturated rings. The third kappa shape index (κ3) is 7.33. The molecule has 0 radical (unpaired) electrons. The van der Waals surface area contributed by atoms with Crippen LogP contribution in [-0.4, -0.2) is 57.6 Å². The van der Waals surface area contributed by atoms with Gasteiger partial charge in [-0.05, 0) is 52.0 Å². The number of esters is 1. The number of ether oxygens (including phenoxy) is 2. The molecule has 3 rings (SSSR count). The number of aliphatic hydroxyl groups excluding tert-OH is 1. The van der Waals surface area contributed by atoms with Gasteiger partial charge in [0, 0.05) is 11.8 Å². The Kier molecular flexibility index (Phi) is 8.78. The molecule has 0 aliphatic carbocycles. The van der Waals surface area contributed by atoms with E-state index >= 15 is 0 Å². The van der Waals surface area contributed by atoms with E-state index in [4.69, 9.17) is 52.3 Å². The van der Waals surface area contributed by atoms with Crippen molar-refractivity contribution in [1.82, 2.24) is 14.6 Å². The summed E-state index contributed by atoms with van der Waals surface area (Å²) in [5.41, 5.74) is 0.607. The largest absolute Gasteiger partial charge is 0.462 e. The van der Waals surface area contributed by atoms with Crippen molar-refractivity contribution in [1.29, 1.82) is 0 Å². The molecule has 1 unspecified atom stereocenters. The Bertz CT molecular complexity index is 1400. The van der Waals surface area contributed by atoms with Crippen LogP contribution in [0.3, 0.4) is 0 Å². The van der Waals surface area contributed by atoms with Gasteiger partial charge in [-0.3, -0.25) is 13.9 Å². The number of nitrogens with one attached hydrogen (secondary N) is 2. The number of aromatic amines is 1. The van der Waals surface area contributed by atoms with Crippen molar-refractivity contribution in [2.45, 2.75) is 64.3 Å². The van der Waals surface area contributed by atoms with Crippen LogP contribution in [0.25, 0.3) is 4.85 Å². The Labute approximate surface area is 227 Å². The number of hydrogen-bond donors (Lipinski definition) is 3. The summed E-state index contributed by atoms with van der Waals surface area (Å²) in [6.45, 7) is 10.9. The van der Waals surface area contributed by atoms with Crippen LogP contribution in [0.15, 0.2) is 36.5 Å². The van der Waals surface area contributed by atoms with Gasteiger partial charge in [0.25, 0.3) is 6.04 Å². The van der Waals surface area contributed by atoms with E-state index in [1.165, 1.54) is 29.8 Å². The Hall–Kier alpha value is -2.43. The van der Waals surface area contributed by atoms with E-state index in [1.807, 2.05) is 0 Å². The van der Waals surface area contributed by atoms with Gasteiger partial charge in [-0.2, -0.15) is 5.09 Å². The molecule has 2 aromatic rings. The van der Waals surface area contributed by atoms with Crippen LogP contribution in [0.5, 0.6) is 5.75 Å². The van der Waals surface area contributed by atoms with Crippen molar-refractivity contribution in [3.8, 4) is 5.75 Å². The van der Waals surface area contributed by atoms with E-state index in [2.05, 4.69) is 14.9 Å². The summed E-state index contributed by atoms with van der Waals surface area (Å²) in [7, 11) is -4.68. The zero-order valence-corrected chi connectivity index (χ0v) is 23.0. The van der Waals surface area contributed by atoms with Crippen LogP contribution in [-0.2, 0) is 23.4 Å². The fraction of sp³-hybridized carbons (Fsp3) is 0.478. The summed E-state index contributed by atoms with van der Waals surface area (Å²) in [6, 6.07) is 5.26.